The van der Waals surface area contributed by atoms with Crippen molar-refractivity contribution in [1.82, 2.24) is 0 Å². The van der Waals surface area contributed by atoms with Crippen molar-refractivity contribution < 1.29 is 5.11 Å². The fourth-order valence-corrected chi connectivity index (χ4v) is 2.15. The number of benzene rings is 1. The van der Waals surface area contributed by atoms with Crippen LogP contribution in [-0.2, 0) is 0 Å². The molecule has 1 aliphatic heterocycles. The molecule has 58 valence electrons. The van der Waals surface area contributed by atoms with Gasteiger partial charge in [0.2, 0.25) is 0 Å². The quantitative estimate of drug-likeness (QED) is 0.687. The average molecular weight is 166 g/mol. The SMILES string of the molecule is O[C@@H]1CS[C@H]1c1ccccc1. The van der Waals surface area contributed by atoms with Gasteiger partial charge < -0.3 is 5.11 Å². The first-order valence-electron chi connectivity index (χ1n) is 3.72. The molecule has 0 amide bonds. The summed E-state index contributed by atoms with van der Waals surface area (Å²) in [5, 5.41) is 9.67. The highest BCUT2D eigenvalue weighted by atomic mass is 32.2. The van der Waals surface area contributed by atoms with Gasteiger partial charge in [-0.1, -0.05) is 30.3 Å². The summed E-state index contributed by atoms with van der Waals surface area (Å²) >= 11 is 1.82. The van der Waals surface area contributed by atoms with E-state index >= 15 is 0 Å². The monoisotopic (exact) mass is 166 g/mol. The molecule has 2 atom stereocenters. The number of aliphatic hydroxyl groups is 1. The van der Waals surface area contributed by atoms with Gasteiger partial charge in [0.25, 0.3) is 0 Å². The van der Waals surface area contributed by atoms with Gasteiger partial charge in [0.15, 0.2) is 0 Å². The van der Waals surface area contributed by atoms with Gasteiger partial charge in [0, 0.05) is 5.75 Å². The largest absolute Gasteiger partial charge is 0.391 e. The van der Waals surface area contributed by atoms with Crippen molar-refractivity contribution in [3.05, 3.63) is 35.9 Å². The topological polar surface area (TPSA) is 20.2 Å². The molecule has 0 aliphatic carbocycles. The molecule has 1 fully saturated rings. The van der Waals surface area contributed by atoms with Crippen molar-refractivity contribution >= 4 is 11.8 Å². The van der Waals surface area contributed by atoms with Crippen molar-refractivity contribution in [1.29, 1.82) is 0 Å². The maximum atomic E-state index is 9.34. The van der Waals surface area contributed by atoms with Gasteiger partial charge in [-0.3, -0.25) is 0 Å². The summed E-state index contributed by atoms with van der Waals surface area (Å²) in [6.45, 7) is 0. The summed E-state index contributed by atoms with van der Waals surface area (Å²) in [5.41, 5.74) is 1.25. The molecule has 1 saturated heterocycles. The van der Waals surface area contributed by atoms with E-state index in [4.69, 9.17) is 0 Å². The minimum absolute atomic E-state index is 0.123. The standard InChI is InChI=1S/C9H10OS/c10-8-6-11-9(8)7-4-2-1-3-5-7/h1-5,8-10H,6H2/t8-,9+/m1/s1. The lowest BCUT2D eigenvalue weighted by atomic mass is 10.1. The van der Waals surface area contributed by atoms with Crippen molar-refractivity contribution in [3.63, 3.8) is 0 Å². The second kappa shape index (κ2) is 2.88. The predicted molar refractivity (Wildman–Crippen MR) is 47.6 cm³/mol. The summed E-state index contributed by atoms with van der Waals surface area (Å²) in [6, 6.07) is 10.2. The van der Waals surface area contributed by atoms with Gasteiger partial charge in [0.1, 0.15) is 0 Å². The van der Waals surface area contributed by atoms with E-state index < -0.39 is 0 Å². The van der Waals surface area contributed by atoms with Gasteiger partial charge in [-0.15, -0.1) is 11.8 Å². The molecule has 1 nitrogen and oxygen atoms in total. The van der Waals surface area contributed by atoms with Crippen LogP contribution in [0.5, 0.6) is 0 Å². The summed E-state index contributed by atoms with van der Waals surface area (Å²) < 4.78 is 0. The van der Waals surface area contributed by atoms with Crippen molar-refractivity contribution in [3.8, 4) is 0 Å². The fraction of sp³-hybridized carbons (Fsp3) is 0.333. The third kappa shape index (κ3) is 1.28. The summed E-state index contributed by atoms with van der Waals surface area (Å²) in [7, 11) is 0. The highest BCUT2D eigenvalue weighted by molar-refractivity contribution is 8.01. The lowest BCUT2D eigenvalue weighted by molar-refractivity contribution is 0.182. The second-order valence-electron chi connectivity index (χ2n) is 2.73. The lowest BCUT2D eigenvalue weighted by Crippen LogP contribution is -2.28. The maximum Gasteiger partial charge on any atom is 0.0790 e. The number of rotatable bonds is 1. The van der Waals surface area contributed by atoms with Crippen LogP contribution in [-0.4, -0.2) is 17.0 Å². The summed E-state index contributed by atoms with van der Waals surface area (Å²) in [6.07, 6.45) is -0.123. The molecule has 0 radical (unpaired) electrons. The van der Waals surface area contributed by atoms with Crippen LogP contribution < -0.4 is 0 Å². The number of thioether (sulfide) groups is 1. The molecule has 1 aliphatic rings. The Morgan fingerprint density at radius 3 is 2.45 bits per heavy atom. The van der Waals surface area contributed by atoms with Gasteiger partial charge >= 0.3 is 0 Å². The van der Waals surface area contributed by atoms with E-state index in [1.165, 1.54) is 5.56 Å². The minimum atomic E-state index is -0.123. The molecule has 0 unspecified atom stereocenters. The van der Waals surface area contributed by atoms with Crippen LogP contribution in [0.25, 0.3) is 0 Å². The zero-order valence-corrected chi connectivity index (χ0v) is 6.92. The predicted octanol–water partition coefficient (Wildman–Crippen LogP) is 1.84. The molecule has 1 aromatic rings. The van der Waals surface area contributed by atoms with Crippen LogP contribution in [0.1, 0.15) is 10.8 Å². The molecule has 2 rings (SSSR count). The third-order valence-corrected chi connectivity index (χ3v) is 3.40. The van der Waals surface area contributed by atoms with Gasteiger partial charge in [-0.25, -0.2) is 0 Å². The second-order valence-corrected chi connectivity index (χ2v) is 3.91. The van der Waals surface area contributed by atoms with Crippen LogP contribution in [0.3, 0.4) is 0 Å². The maximum absolute atomic E-state index is 9.34. The Kier molecular flexibility index (Phi) is 1.88. The van der Waals surface area contributed by atoms with Crippen LogP contribution in [0, 0.1) is 0 Å². The van der Waals surface area contributed by atoms with Crippen LogP contribution >= 0.6 is 11.8 Å². The first-order chi connectivity index (χ1) is 5.38. The molecular weight excluding hydrogens is 156 g/mol. The molecule has 0 bridgehead atoms. The molecule has 1 heterocycles. The van der Waals surface area contributed by atoms with E-state index in [0.29, 0.717) is 5.25 Å². The first-order valence-corrected chi connectivity index (χ1v) is 4.77. The van der Waals surface area contributed by atoms with Crippen LogP contribution in [0.4, 0.5) is 0 Å². The van der Waals surface area contributed by atoms with Gasteiger partial charge in [-0.05, 0) is 5.56 Å². The Bertz CT molecular complexity index is 235. The molecule has 2 heteroatoms. The molecule has 0 aromatic heterocycles. The van der Waals surface area contributed by atoms with Crippen molar-refractivity contribution in [2.45, 2.75) is 11.4 Å². The molecule has 1 N–H and O–H groups in total. The zero-order valence-electron chi connectivity index (χ0n) is 6.10. The minimum Gasteiger partial charge on any atom is -0.391 e. The smallest absolute Gasteiger partial charge is 0.0790 e. The Hall–Kier alpha value is -0.470. The molecular formula is C9H10OS. The first kappa shape index (κ1) is 7.19. The summed E-state index contributed by atoms with van der Waals surface area (Å²) in [4.78, 5) is 0. The Labute approximate surface area is 70.4 Å². The van der Waals surface area contributed by atoms with Crippen molar-refractivity contribution in [2.24, 2.45) is 0 Å². The lowest BCUT2D eigenvalue weighted by Gasteiger charge is -2.31. The fourth-order valence-electron chi connectivity index (χ4n) is 1.24. The molecule has 11 heavy (non-hydrogen) atoms. The summed E-state index contributed by atoms with van der Waals surface area (Å²) in [5.74, 6) is 0.888. The molecule has 0 saturated carbocycles. The number of hydrogen-bond donors (Lipinski definition) is 1. The zero-order chi connectivity index (χ0) is 7.68. The molecule has 0 spiro atoms. The van der Waals surface area contributed by atoms with Crippen LogP contribution in [0.15, 0.2) is 30.3 Å². The van der Waals surface area contributed by atoms with Gasteiger partial charge in [0.05, 0.1) is 11.4 Å². The van der Waals surface area contributed by atoms with Crippen LogP contribution in [0.2, 0.25) is 0 Å². The third-order valence-electron chi connectivity index (χ3n) is 1.92. The van der Waals surface area contributed by atoms with E-state index in [1.807, 2.05) is 30.0 Å². The van der Waals surface area contributed by atoms with E-state index in [0.717, 1.165) is 5.75 Å². The number of hydrogen-bond acceptors (Lipinski definition) is 2. The Balaban J connectivity index is 2.17. The van der Waals surface area contributed by atoms with E-state index in [1.54, 1.807) is 0 Å². The van der Waals surface area contributed by atoms with Gasteiger partial charge in [-0.2, -0.15) is 0 Å². The molecule has 1 aromatic carbocycles. The Morgan fingerprint density at radius 1 is 1.27 bits per heavy atom. The highest BCUT2D eigenvalue weighted by Crippen LogP contribution is 2.42. The van der Waals surface area contributed by atoms with Crippen molar-refractivity contribution in [2.75, 3.05) is 5.75 Å². The highest BCUT2D eigenvalue weighted by Gasteiger charge is 2.30. The average Bonchev–Trinajstić information content (AvgIpc) is 2.04. The van der Waals surface area contributed by atoms with E-state index in [9.17, 15) is 5.11 Å². The number of aliphatic hydroxyl groups excluding tert-OH is 1. The van der Waals surface area contributed by atoms with E-state index in [2.05, 4.69) is 12.1 Å². The Morgan fingerprint density at radius 2 is 2.00 bits per heavy atom. The normalized spacial score (nSPS) is 29.5. The van der Waals surface area contributed by atoms with E-state index in [-0.39, 0.29) is 6.10 Å².